The van der Waals surface area contributed by atoms with Gasteiger partial charge in [-0.15, -0.1) is 11.6 Å². The lowest BCUT2D eigenvalue weighted by Gasteiger charge is -2.20. The van der Waals surface area contributed by atoms with Gasteiger partial charge in [0.15, 0.2) is 0 Å². The fourth-order valence-electron chi connectivity index (χ4n) is 1.48. The number of hydrogen-bond acceptors (Lipinski definition) is 2. The molecule has 1 amide bonds. The Morgan fingerprint density at radius 2 is 2.28 bits per heavy atom. The minimum atomic E-state index is -0.354. The summed E-state index contributed by atoms with van der Waals surface area (Å²) in [5, 5.41) is -0.262. The second-order valence-electron chi connectivity index (χ2n) is 3.86. The van der Waals surface area contributed by atoms with E-state index in [0.717, 1.165) is 0 Å². The molecule has 0 aliphatic rings. The van der Waals surface area contributed by atoms with Crippen molar-refractivity contribution in [2.24, 2.45) is 0 Å². The zero-order valence-corrected chi connectivity index (χ0v) is 13.0. The first kappa shape index (κ1) is 15.7. The number of nitrogens with zero attached hydrogens (tertiary/aromatic N) is 1. The summed E-state index contributed by atoms with van der Waals surface area (Å²) in [6.07, 6.45) is 0. The summed E-state index contributed by atoms with van der Waals surface area (Å²) in [4.78, 5) is 13.6. The van der Waals surface area contributed by atoms with Crippen LogP contribution in [0.15, 0.2) is 18.2 Å². The van der Waals surface area contributed by atoms with E-state index in [4.69, 9.17) is 16.3 Å². The lowest BCUT2D eigenvalue weighted by atomic mass is 10.2. The molecule has 0 N–H and O–H groups in total. The van der Waals surface area contributed by atoms with Gasteiger partial charge in [0.2, 0.25) is 0 Å². The fraction of sp³-hybridized carbons (Fsp3) is 0.417. The Balaban J connectivity index is 2.74. The normalized spacial score (nSPS) is 12.3. The number of carbonyl (C=O) groups is 1. The molecule has 1 aromatic carbocycles. The summed E-state index contributed by atoms with van der Waals surface area (Å²) in [6, 6.07) is 4.08. The van der Waals surface area contributed by atoms with Crippen molar-refractivity contribution >= 4 is 40.1 Å². The summed E-state index contributed by atoms with van der Waals surface area (Å²) >= 11 is 7.93. The van der Waals surface area contributed by atoms with E-state index in [0.29, 0.717) is 22.3 Å². The Labute approximate surface area is 124 Å². The van der Waals surface area contributed by atoms with Crippen molar-refractivity contribution in [1.82, 2.24) is 4.90 Å². The minimum Gasteiger partial charge on any atom is -0.383 e. The average Bonchev–Trinajstić information content (AvgIpc) is 2.28. The Bertz CT molecular complexity index is 431. The molecule has 0 saturated carbocycles. The SMILES string of the molecule is COCC(Cl)CN(C)C(=O)c1ccc(F)cc1I. The summed E-state index contributed by atoms with van der Waals surface area (Å²) in [7, 11) is 3.22. The molecule has 6 heteroatoms. The van der Waals surface area contributed by atoms with Crippen LogP contribution in [0.2, 0.25) is 0 Å². The van der Waals surface area contributed by atoms with E-state index >= 15 is 0 Å². The maximum Gasteiger partial charge on any atom is 0.254 e. The number of ether oxygens (including phenoxy) is 1. The molecular weight excluding hydrogens is 371 g/mol. The van der Waals surface area contributed by atoms with Gasteiger partial charge in [-0.2, -0.15) is 0 Å². The van der Waals surface area contributed by atoms with Crippen molar-refractivity contribution in [2.45, 2.75) is 5.38 Å². The summed E-state index contributed by atoms with van der Waals surface area (Å²) in [6.45, 7) is 0.751. The average molecular weight is 386 g/mol. The molecule has 0 heterocycles. The second kappa shape index (κ2) is 7.25. The molecule has 0 aromatic heterocycles. The van der Waals surface area contributed by atoms with Crippen LogP contribution in [0.25, 0.3) is 0 Å². The van der Waals surface area contributed by atoms with Crippen LogP contribution < -0.4 is 0 Å². The van der Waals surface area contributed by atoms with E-state index in [-0.39, 0.29) is 17.1 Å². The Kier molecular flexibility index (Phi) is 6.31. The highest BCUT2D eigenvalue weighted by Crippen LogP contribution is 2.16. The van der Waals surface area contributed by atoms with Crippen molar-refractivity contribution in [3.63, 3.8) is 0 Å². The van der Waals surface area contributed by atoms with Crippen molar-refractivity contribution < 1.29 is 13.9 Å². The maximum atomic E-state index is 13.0. The molecule has 0 bridgehead atoms. The van der Waals surface area contributed by atoms with Crippen LogP contribution in [-0.2, 0) is 4.74 Å². The van der Waals surface area contributed by atoms with Gasteiger partial charge in [-0.3, -0.25) is 4.79 Å². The largest absolute Gasteiger partial charge is 0.383 e. The Morgan fingerprint density at radius 1 is 1.61 bits per heavy atom. The van der Waals surface area contributed by atoms with Gasteiger partial charge in [0.25, 0.3) is 5.91 Å². The molecular formula is C12H14ClFINO2. The van der Waals surface area contributed by atoms with Gasteiger partial charge in [0.05, 0.1) is 17.5 Å². The van der Waals surface area contributed by atoms with Crippen molar-refractivity contribution in [2.75, 3.05) is 27.3 Å². The minimum absolute atomic E-state index is 0.179. The molecule has 1 rings (SSSR count). The molecule has 1 unspecified atom stereocenters. The first-order chi connectivity index (χ1) is 8.45. The molecule has 1 atom stereocenters. The number of benzene rings is 1. The van der Waals surface area contributed by atoms with Gasteiger partial charge in [0, 0.05) is 24.3 Å². The van der Waals surface area contributed by atoms with Crippen LogP contribution >= 0.6 is 34.2 Å². The highest BCUT2D eigenvalue weighted by Gasteiger charge is 2.17. The molecule has 1 aromatic rings. The van der Waals surface area contributed by atoms with Crippen LogP contribution in [0.4, 0.5) is 4.39 Å². The highest BCUT2D eigenvalue weighted by molar-refractivity contribution is 14.1. The summed E-state index contributed by atoms with van der Waals surface area (Å²) in [5.41, 5.74) is 0.473. The molecule has 0 radical (unpaired) electrons. The van der Waals surface area contributed by atoms with E-state index in [1.165, 1.54) is 23.1 Å². The molecule has 3 nitrogen and oxygen atoms in total. The predicted octanol–water partition coefficient (Wildman–Crippen LogP) is 2.76. The summed E-state index contributed by atoms with van der Waals surface area (Å²) in [5.74, 6) is -0.533. The number of alkyl halides is 1. The van der Waals surface area contributed by atoms with E-state index in [1.807, 2.05) is 22.6 Å². The molecule has 0 aliphatic heterocycles. The second-order valence-corrected chi connectivity index (χ2v) is 5.64. The van der Waals surface area contributed by atoms with E-state index in [1.54, 1.807) is 14.2 Å². The van der Waals surface area contributed by atoms with Gasteiger partial charge >= 0.3 is 0 Å². The standard InChI is InChI=1S/C12H14ClFINO2/c1-16(6-8(13)7-18-2)12(17)10-4-3-9(14)5-11(10)15/h3-5,8H,6-7H2,1-2H3. The van der Waals surface area contributed by atoms with Gasteiger partial charge < -0.3 is 9.64 Å². The van der Waals surface area contributed by atoms with E-state index in [9.17, 15) is 9.18 Å². The van der Waals surface area contributed by atoms with Crippen molar-refractivity contribution in [3.8, 4) is 0 Å². The van der Waals surface area contributed by atoms with Crippen LogP contribution in [0.1, 0.15) is 10.4 Å². The van der Waals surface area contributed by atoms with Gasteiger partial charge in [-0.25, -0.2) is 4.39 Å². The zero-order chi connectivity index (χ0) is 13.7. The van der Waals surface area contributed by atoms with Crippen LogP contribution in [0.5, 0.6) is 0 Å². The Hall–Kier alpha value is -0.400. The predicted molar refractivity (Wildman–Crippen MR) is 77.6 cm³/mol. The molecule has 0 saturated heterocycles. The maximum absolute atomic E-state index is 13.0. The zero-order valence-electron chi connectivity index (χ0n) is 10.1. The summed E-state index contributed by atoms with van der Waals surface area (Å²) < 4.78 is 18.4. The number of amides is 1. The molecule has 0 fully saturated rings. The topological polar surface area (TPSA) is 29.5 Å². The molecule has 0 aliphatic carbocycles. The highest BCUT2D eigenvalue weighted by atomic mass is 127. The monoisotopic (exact) mass is 385 g/mol. The lowest BCUT2D eigenvalue weighted by Crippen LogP contribution is -2.34. The van der Waals surface area contributed by atoms with Gasteiger partial charge in [-0.1, -0.05) is 0 Å². The fourth-order valence-corrected chi connectivity index (χ4v) is 2.52. The third kappa shape index (κ3) is 4.37. The number of rotatable bonds is 5. The quantitative estimate of drug-likeness (QED) is 0.576. The van der Waals surface area contributed by atoms with Crippen LogP contribution in [0, 0.1) is 9.39 Å². The van der Waals surface area contributed by atoms with Gasteiger partial charge in [0.1, 0.15) is 5.82 Å². The van der Waals surface area contributed by atoms with E-state index < -0.39 is 0 Å². The van der Waals surface area contributed by atoms with Crippen LogP contribution in [0.3, 0.4) is 0 Å². The van der Waals surface area contributed by atoms with Crippen molar-refractivity contribution in [3.05, 3.63) is 33.1 Å². The first-order valence-corrected chi connectivity index (χ1v) is 6.80. The molecule has 100 valence electrons. The van der Waals surface area contributed by atoms with Gasteiger partial charge in [-0.05, 0) is 40.8 Å². The van der Waals surface area contributed by atoms with Crippen molar-refractivity contribution in [1.29, 1.82) is 0 Å². The first-order valence-electron chi connectivity index (χ1n) is 5.29. The number of hydrogen-bond donors (Lipinski definition) is 0. The lowest BCUT2D eigenvalue weighted by molar-refractivity contribution is 0.0780. The smallest absolute Gasteiger partial charge is 0.254 e. The number of halogens is 3. The van der Waals surface area contributed by atoms with Crippen LogP contribution in [-0.4, -0.2) is 43.5 Å². The van der Waals surface area contributed by atoms with E-state index in [2.05, 4.69) is 0 Å². The molecule has 18 heavy (non-hydrogen) atoms. The Morgan fingerprint density at radius 3 is 2.83 bits per heavy atom. The third-order valence-corrected chi connectivity index (χ3v) is 3.48. The third-order valence-electron chi connectivity index (χ3n) is 2.33. The number of methoxy groups -OCH3 is 1. The number of carbonyl (C=O) groups excluding carboxylic acids is 1. The molecule has 0 spiro atoms.